The molecule has 7 heteroatoms. The van der Waals surface area contributed by atoms with Gasteiger partial charge < -0.3 is 10.2 Å². The highest BCUT2D eigenvalue weighted by Crippen LogP contribution is 2.18. The highest BCUT2D eigenvalue weighted by Gasteiger charge is 2.15. The summed E-state index contributed by atoms with van der Waals surface area (Å²) in [6.07, 6.45) is 1.03. The van der Waals surface area contributed by atoms with Crippen molar-refractivity contribution in [1.82, 2.24) is 24.8 Å². The Morgan fingerprint density at radius 1 is 1.14 bits per heavy atom. The molecule has 29 heavy (non-hydrogen) atoms. The predicted octanol–water partition coefficient (Wildman–Crippen LogP) is 2.61. The molecule has 0 aliphatic heterocycles. The van der Waals surface area contributed by atoms with Crippen LogP contribution in [-0.2, 0) is 17.8 Å². The number of nitrogens with one attached hydrogen (secondary N) is 1. The number of amides is 2. The maximum Gasteiger partial charge on any atom is 0.251 e. The van der Waals surface area contributed by atoms with Crippen molar-refractivity contribution < 1.29 is 9.59 Å². The van der Waals surface area contributed by atoms with Crippen LogP contribution in [0.5, 0.6) is 0 Å². The molecule has 0 unspecified atom stereocenters. The number of fused-ring (bicyclic) bond motifs is 1. The van der Waals surface area contributed by atoms with Gasteiger partial charge in [-0.2, -0.15) is 5.10 Å². The molecule has 0 radical (unpaired) electrons. The molecule has 2 amide bonds. The molecule has 7 nitrogen and oxygen atoms in total. The van der Waals surface area contributed by atoms with Crippen LogP contribution in [0.1, 0.15) is 45.0 Å². The lowest BCUT2D eigenvalue weighted by atomic mass is 10.1. The Labute approximate surface area is 170 Å². The Kier molecular flexibility index (Phi) is 5.96. The Morgan fingerprint density at radius 2 is 1.83 bits per heavy atom. The van der Waals surface area contributed by atoms with Gasteiger partial charge in [0.05, 0.1) is 5.69 Å². The molecule has 0 saturated heterocycles. The molecule has 0 aliphatic carbocycles. The first-order valence-electron chi connectivity index (χ1n) is 9.67. The van der Waals surface area contributed by atoms with Gasteiger partial charge in [0.1, 0.15) is 0 Å². The maximum absolute atomic E-state index is 12.7. The van der Waals surface area contributed by atoms with Gasteiger partial charge in [-0.1, -0.05) is 12.1 Å². The van der Waals surface area contributed by atoms with Crippen LogP contribution in [0.25, 0.3) is 5.65 Å². The normalized spacial score (nSPS) is 10.9. The van der Waals surface area contributed by atoms with Crippen molar-refractivity contribution in [3.05, 3.63) is 64.1 Å². The number of rotatable bonds is 6. The monoisotopic (exact) mass is 393 g/mol. The van der Waals surface area contributed by atoms with Crippen molar-refractivity contribution in [3.8, 4) is 0 Å². The number of carbonyl (C=O) groups excluding carboxylic acids is 2. The fourth-order valence-corrected chi connectivity index (χ4v) is 3.49. The molecule has 1 N–H and O–H groups in total. The van der Waals surface area contributed by atoms with Gasteiger partial charge in [0.2, 0.25) is 5.91 Å². The van der Waals surface area contributed by atoms with Crippen molar-refractivity contribution >= 4 is 17.5 Å². The zero-order valence-corrected chi connectivity index (χ0v) is 17.6. The fourth-order valence-electron chi connectivity index (χ4n) is 3.49. The van der Waals surface area contributed by atoms with Gasteiger partial charge in [-0.25, -0.2) is 9.50 Å². The summed E-state index contributed by atoms with van der Waals surface area (Å²) in [6, 6.07) is 9.25. The third-order valence-corrected chi connectivity index (χ3v) is 5.16. The fraction of sp³-hybridized carbons (Fsp3) is 0.364. The molecule has 1 aromatic carbocycles. The Hall–Kier alpha value is -3.22. The molecular weight excluding hydrogens is 366 g/mol. The summed E-state index contributed by atoms with van der Waals surface area (Å²) in [5.74, 6) is -0.0550. The van der Waals surface area contributed by atoms with E-state index in [4.69, 9.17) is 0 Å². The summed E-state index contributed by atoms with van der Waals surface area (Å²) in [7, 11) is 3.40. The molecular formula is C22H27N5O2. The zero-order valence-electron chi connectivity index (χ0n) is 17.6. The number of aryl methyl sites for hydroxylation is 3. The second-order valence-electron chi connectivity index (χ2n) is 7.34. The predicted molar refractivity (Wildman–Crippen MR) is 112 cm³/mol. The lowest BCUT2D eigenvalue weighted by Gasteiger charge is -2.18. The van der Waals surface area contributed by atoms with Gasteiger partial charge in [-0.05, 0) is 50.5 Å². The van der Waals surface area contributed by atoms with E-state index in [1.54, 1.807) is 31.1 Å². The van der Waals surface area contributed by atoms with E-state index in [2.05, 4.69) is 15.4 Å². The van der Waals surface area contributed by atoms with Crippen molar-refractivity contribution in [2.45, 2.75) is 40.2 Å². The van der Waals surface area contributed by atoms with Crippen LogP contribution in [0.3, 0.4) is 0 Å². The lowest BCUT2D eigenvalue weighted by molar-refractivity contribution is -0.130. The van der Waals surface area contributed by atoms with E-state index < -0.39 is 0 Å². The summed E-state index contributed by atoms with van der Waals surface area (Å²) in [4.78, 5) is 30.6. The largest absolute Gasteiger partial charge is 0.355 e. The highest BCUT2D eigenvalue weighted by atomic mass is 16.2. The molecule has 0 atom stereocenters. The second kappa shape index (κ2) is 8.43. The van der Waals surface area contributed by atoms with Crippen LogP contribution in [0, 0.1) is 20.8 Å². The van der Waals surface area contributed by atoms with E-state index in [-0.39, 0.29) is 11.8 Å². The van der Waals surface area contributed by atoms with Gasteiger partial charge in [0, 0.05) is 50.1 Å². The smallest absolute Gasteiger partial charge is 0.251 e. The van der Waals surface area contributed by atoms with E-state index in [1.165, 1.54) is 0 Å². The molecule has 0 fully saturated rings. The summed E-state index contributed by atoms with van der Waals surface area (Å²) in [5.41, 5.74) is 6.39. The van der Waals surface area contributed by atoms with Gasteiger partial charge in [-0.15, -0.1) is 0 Å². The third kappa shape index (κ3) is 4.45. The molecule has 2 heterocycles. The number of hydrogen-bond donors (Lipinski definition) is 1. The molecule has 3 aromatic rings. The maximum atomic E-state index is 12.7. The van der Waals surface area contributed by atoms with Crippen LogP contribution in [0.4, 0.5) is 0 Å². The Bertz CT molecular complexity index is 1050. The van der Waals surface area contributed by atoms with Crippen LogP contribution in [0.2, 0.25) is 0 Å². The first kappa shape index (κ1) is 20.5. The SMILES string of the molecule is CNC(=O)c1ccc(CN(C)C(=O)CCc2c(C)nc3cc(C)nn3c2C)cc1. The van der Waals surface area contributed by atoms with E-state index >= 15 is 0 Å². The number of carbonyl (C=O) groups is 2. The van der Waals surface area contributed by atoms with Crippen molar-refractivity contribution in [2.24, 2.45) is 0 Å². The van der Waals surface area contributed by atoms with E-state index in [9.17, 15) is 9.59 Å². The zero-order chi connectivity index (χ0) is 21.1. The van der Waals surface area contributed by atoms with E-state index in [0.717, 1.165) is 33.9 Å². The molecule has 3 rings (SSSR count). The molecule has 0 bridgehead atoms. The minimum Gasteiger partial charge on any atom is -0.355 e. The molecule has 152 valence electrons. The first-order valence-corrected chi connectivity index (χ1v) is 9.67. The molecule has 0 aliphatic rings. The summed E-state index contributed by atoms with van der Waals surface area (Å²) >= 11 is 0. The number of benzene rings is 1. The van der Waals surface area contributed by atoms with Crippen LogP contribution in [0.15, 0.2) is 30.3 Å². The van der Waals surface area contributed by atoms with E-state index in [0.29, 0.717) is 24.9 Å². The highest BCUT2D eigenvalue weighted by molar-refractivity contribution is 5.93. The summed E-state index contributed by atoms with van der Waals surface area (Å²) in [5, 5.41) is 7.09. The van der Waals surface area contributed by atoms with Gasteiger partial charge in [0.25, 0.3) is 5.91 Å². The molecule has 0 spiro atoms. The van der Waals surface area contributed by atoms with Crippen molar-refractivity contribution in [3.63, 3.8) is 0 Å². The lowest BCUT2D eigenvalue weighted by Crippen LogP contribution is -2.26. The number of hydrogen-bond acceptors (Lipinski definition) is 4. The molecule has 2 aromatic heterocycles. The van der Waals surface area contributed by atoms with Crippen LogP contribution >= 0.6 is 0 Å². The van der Waals surface area contributed by atoms with Gasteiger partial charge in [-0.3, -0.25) is 9.59 Å². The number of nitrogens with zero attached hydrogens (tertiary/aromatic N) is 4. The van der Waals surface area contributed by atoms with Crippen LogP contribution in [-0.4, -0.2) is 45.4 Å². The van der Waals surface area contributed by atoms with Crippen molar-refractivity contribution in [2.75, 3.05) is 14.1 Å². The number of aromatic nitrogens is 3. The Balaban J connectivity index is 1.64. The summed E-state index contributed by atoms with van der Waals surface area (Å²) < 4.78 is 1.85. The average molecular weight is 393 g/mol. The Morgan fingerprint density at radius 3 is 2.48 bits per heavy atom. The van der Waals surface area contributed by atoms with Crippen LogP contribution < -0.4 is 5.32 Å². The standard InChI is InChI=1S/C22H27N5O2/c1-14-12-20-24-15(2)19(16(3)27(20)25-14)10-11-21(28)26(5)13-17-6-8-18(9-7-17)22(29)23-4/h6-9,12H,10-11,13H2,1-5H3,(H,23,29). The minimum atomic E-state index is -0.121. The third-order valence-electron chi connectivity index (χ3n) is 5.16. The first-order chi connectivity index (χ1) is 13.8. The summed E-state index contributed by atoms with van der Waals surface area (Å²) in [6.45, 7) is 6.45. The van der Waals surface area contributed by atoms with Gasteiger partial charge in [0.15, 0.2) is 5.65 Å². The second-order valence-corrected chi connectivity index (χ2v) is 7.34. The van der Waals surface area contributed by atoms with Gasteiger partial charge >= 0.3 is 0 Å². The quantitative estimate of drug-likeness (QED) is 0.698. The minimum absolute atomic E-state index is 0.0657. The van der Waals surface area contributed by atoms with E-state index in [1.807, 2.05) is 43.5 Å². The topological polar surface area (TPSA) is 79.6 Å². The average Bonchev–Trinajstić information content (AvgIpc) is 3.07. The molecule has 0 saturated carbocycles. The van der Waals surface area contributed by atoms with Crippen molar-refractivity contribution in [1.29, 1.82) is 0 Å².